The molecule has 0 bridgehead atoms. The van der Waals surface area contributed by atoms with E-state index >= 15 is 0 Å². The van der Waals surface area contributed by atoms with Gasteiger partial charge in [-0.3, -0.25) is 4.98 Å². The molecule has 0 radical (unpaired) electrons. The van der Waals surface area contributed by atoms with Crippen LogP contribution in [-0.2, 0) is 6.42 Å². The molecule has 0 saturated carbocycles. The van der Waals surface area contributed by atoms with E-state index in [4.69, 9.17) is 10.5 Å². The van der Waals surface area contributed by atoms with Gasteiger partial charge in [-0.2, -0.15) is 0 Å². The minimum Gasteiger partial charge on any atom is -0.494 e. The van der Waals surface area contributed by atoms with Crippen LogP contribution in [-0.4, -0.2) is 11.6 Å². The van der Waals surface area contributed by atoms with E-state index in [9.17, 15) is 0 Å². The maximum absolute atomic E-state index is 5.69. The lowest BCUT2D eigenvalue weighted by Crippen LogP contribution is -1.94. The Morgan fingerprint density at radius 2 is 1.88 bits per heavy atom. The molecule has 3 nitrogen and oxygen atoms in total. The van der Waals surface area contributed by atoms with Gasteiger partial charge >= 0.3 is 0 Å². The number of nitrogens with two attached hydrogens (primary N) is 1. The predicted octanol–water partition coefficient (Wildman–Crippen LogP) is 2.65. The van der Waals surface area contributed by atoms with Crippen molar-refractivity contribution in [2.45, 2.75) is 13.3 Å². The first kappa shape index (κ1) is 11.5. The van der Waals surface area contributed by atoms with Crippen LogP contribution in [0.3, 0.4) is 0 Å². The van der Waals surface area contributed by atoms with Gasteiger partial charge in [-0.05, 0) is 42.7 Å². The first-order valence-electron chi connectivity index (χ1n) is 5.69. The highest BCUT2D eigenvalue weighted by atomic mass is 16.5. The molecule has 1 aromatic carbocycles. The predicted molar refractivity (Wildman–Crippen MR) is 69.1 cm³/mol. The van der Waals surface area contributed by atoms with Crippen molar-refractivity contribution in [1.82, 2.24) is 4.98 Å². The van der Waals surface area contributed by atoms with Crippen molar-refractivity contribution in [2.75, 3.05) is 12.3 Å². The van der Waals surface area contributed by atoms with Gasteiger partial charge in [-0.25, -0.2) is 0 Å². The molecule has 3 heteroatoms. The van der Waals surface area contributed by atoms with Crippen LogP contribution in [0.5, 0.6) is 5.75 Å². The zero-order valence-corrected chi connectivity index (χ0v) is 9.89. The summed E-state index contributed by atoms with van der Waals surface area (Å²) in [6.07, 6.45) is 4.33. The maximum atomic E-state index is 5.69. The third kappa shape index (κ3) is 3.21. The molecular weight excluding hydrogens is 212 g/mol. The second-order valence-electron chi connectivity index (χ2n) is 3.88. The first-order valence-corrected chi connectivity index (χ1v) is 5.69. The number of anilines is 1. The summed E-state index contributed by atoms with van der Waals surface area (Å²) in [6.45, 7) is 2.67. The molecule has 0 aliphatic rings. The van der Waals surface area contributed by atoms with Crippen LogP contribution in [0.1, 0.15) is 18.1 Å². The highest BCUT2D eigenvalue weighted by Gasteiger charge is 1.98. The molecule has 1 heterocycles. The number of hydrogen-bond donors (Lipinski definition) is 1. The van der Waals surface area contributed by atoms with Gasteiger partial charge in [0.2, 0.25) is 0 Å². The first-order chi connectivity index (χ1) is 8.28. The Morgan fingerprint density at radius 3 is 2.53 bits per heavy atom. The maximum Gasteiger partial charge on any atom is 0.119 e. The van der Waals surface area contributed by atoms with Gasteiger partial charge in [0.15, 0.2) is 0 Å². The second-order valence-corrected chi connectivity index (χ2v) is 3.88. The Balaban J connectivity index is 2.08. The topological polar surface area (TPSA) is 48.1 Å². The molecule has 0 spiro atoms. The number of nitrogen functional groups attached to an aromatic ring is 1. The lowest BCUT2D eigenvalue weighted by Gasteiger charge is -2.05. The normalized spacial score (nSPS) is 10.2. The second kappa shape index (κ2) is 5.34. The Bertz CT molecular complexity index is 480. The van der Waals surface area contributed by atoms with Crippen LogP contribution in [0.15, 0.2) is 42.7 Å². The summed E-state index contributed by atoms with van der Waals surface area (Å²) in [6, 6.07) is 10.0. The van der Waals surface area contributed by atoms with Crippen molar-refractivity contribution < 1.29 is 4.74 Å². The average molecular weight is 228 g/mol. The Kier molecular flexibility index (Phi) is 3.60. The van der Waals surface area contributed by atoms with Crippen LogP contribution in [0.2, 0.25) is 0 Å². The smallest absolute Gasteiger partial charge is 0.119 e. The lowest BCUT2D eigenvalue weighted by atomic mass is 10.1. The van der Waals surface area contributed by atoms with E-state index in [1.807, 2.05) is 31.3 Å². The van der Waals surface area contributed by atoms with Crippen molar-refractivity contribution in [2.24, 2.45) is 0 Å². The van der Waals surface area contributed by atoms with Gasteiger partial charge in [0.05, 0.1) is 12.3 Å². The zero-order chi connectivity index (χ0) is 12.1. The molecule has 0 saturated heterocycles. The molecule has 0 amide bonds. The minimum absolute atomic E-state index is 0.693. The van der Waals surface area contributed by atoms with Crippen molar-refractivity contribution in [1.29, 1.82) is 0 Å². The van der Waals surface area contributed by atoms with Crippen LogP contribution in [0.4, 0.5) is 5.69 Å². The Labute approximate surface area is 101 Å². The molecule has 2 N–H and O–H groups in total. The van der Waals surface area contributed by atoms with E-state index in [0.717, 1.165) is 17.7 Å². The quantitative estimate of drug-likeness (QED) is 0.875. The van der Waals surface area contributed by atoms with Gasteiger partial charge in [0.1, 0.15) is 5.75 Å². The third-order valence-corrected chi connectivity index (χ3v) is 2.46. The van der Waals surface area contributed by atoms with Gasteiger partial charge < -0.3 is 10.5 Å². The fourth-order valence-electron chi connectivity index (χ4n) is 1.71. The summed E-state index contributed by atoms with van der Waals surface area (Å²) in [5.41, 5.74) is 8.74. The average Bonchev–Trinajstić information content (AvgIpc) is 2.32. The summed E-state index contributed by atoms with van der Waals surface area (Å²) in [5, 5.41) is 0. The standard InChI is InChI=1S/C14H16N2O/c1-2-17-14-5-3-11(4-6-14)7-12-8-13(15)10-16-9-12/h3-6,8-10H,2,7,15H2,1H3. The molecule has 0 aliphatic carbocycles. The van der Waals surface area contributed by atoms with Crippen molar-refractivity contribution >= 4 is 5.69 Å². The molecule has 88 valence electrons. The molecule has 2 aromatic rings. The number of benzene rings is 1. The molecule has 2 rings (SSSR count). The van der Waals surface area contributed by atoms with Crippen LogP contribution >= 0.6 is 0 Å². The molecular formula is C14H16N2O. The van der Waals surface area contributed by atoms with E-state index in [1.165, 1.54) is 5.56 Å². The van der Waals surface area contributed by atoms with Crippen molar-refractivity contribution in [3.05, 3.63) is 53.9 Å². The monoisotopic (exact) mass is 228 g/mol. The van der Waals surface area contributed by atoms with Crippen LogP contribution in [0.25, 0.3) is 0 Å². The van der Waals surface area contributed by atoms with E-state index in [1.54, 1.807) is 6.20 Å². The number of pyridine rings is 1. The van der Waals surface area contributed by atoms with E-state index < -0.39 is 0 Å². The highest BCUT2D eigenvalue weighted by Crippen LogP contribution is 2.15. The molecule has 0 unspecified atom stereocenters. The number of rotatable bonds is 4. The summed E-state index contributed by atoms with van der Waals surface area (Å²) < 4.78 is 5.40. The number of hydrogen-bond acceptors (Lipinski definition) is 3. The summed E-state index contributed by atoms with van der Waals surface area (Å²) >= 11 is 0. The van der Waals surface area contributed by atoms with Crippen molar-refractivity contribution in [3.8, 4) is 5.75 Å². The third-order valence-electron chi connectivity index (χ3n) is 2.46. The molecule has 0 fully saturated rings. The summed E-state index contributed by atoms with van der Waals surface area (Å²) in [4.78, 5) is 4.08. The SMILES string of the molecule is CCOc1ccc(Cc2cncc(N)c2)cc1. The molecule has 17 heavy (non-hydrogen) atoms. The molecule has 0 aliphatic heterocycles. The lowest BCUT2D eigenvalue weighted by molar-refractivity contribution is 0.340. The largest absolute Gasteiger partial charge is 0.494 e. The van der Waals surface area contributed by atoms with E-state index in [-0.39, 0.29) is 0 Å². The molecule has 0 atom stereocenters. The van der Waals surface area contributed by atoms with Gasteiger partial charge in [0.25, 0.3) is 0 Å². The fourth-order valence-corrected chi connectivity index (χ4v) is 1.71. The van der Waals surface area contributed by atoms with Gasteiger partial charge in [-0.1, -0.05) is 12.1 Å². The number of nitrogens with zero attached hydrogens (tertiary/aromatic N) is 1. The minimum atomic E-state index is 0.693. The van der Waals surface area contributed by atoms with Crippen molar-refractivity contribution in [3.63, 3.8) is 0 Å². The van der Waals surface area contributed by atoms with E-state index in [2.05, 4.69) is 17.1 Å². The van der Waals surface area contributed by atoms with Gasteiger partial charge in [-0.15, -0.1) is 0 Å². The Hall–Kier alpha value is -2.03. The zero-order valence-electron chi connectivity index (χ0n) is 9.89. The van der Waals surface area contributed by atoms with Crippen LogP contribution in [0, 0.1) is 0 Å². The summed E-state index contributed by atoms with van der Waals surface area (Å²) in [7, 11) is 0. The van der Waals surface area contributed by atoms with Gasteiger partial charge in [0, 0.05) is 12.4 Å². The van der Waals surface area contributed by atoms with E-state index in [0.29, 0.717) is 12.3 Å². The number of aromatic nitrogens is 1. The van der Waals surface area contributed by atoms with Crippen LogP contribution < -0.4 is 10.5 Å². The fraction of sp³-hybridized carbons (Fsp3) is 0.214. The Morgan fingerprint density at radius 1 is 1.12 bits per heavy atom. The highest BCUT2D eigenvalue weighted by molar-refractivity contribution is 5.39. The summed E-state index contributed by atoms with van der Waals surface area (Å²) in [5.74, 6) is 0.905. The number of ether oxygens (including phenoxy) is 1. The molecule has 1 aromatic heterocycles.